The molecule has 0 saturated carbocycles. The number of nitrogens with zero attached hydrogens (tertiary/aromatic N) is 1. The molecule has 0 amide bonds. The van der Waals surface area contributed by atoms with Crippen LogP contribution in [0, 0.1) is 10.1 Å². The summed E-state index contributed by atoms with van der Waals surface area (Å²) in [5.74, 6) is 0. The van der Waals surface area contributed by atoms with Gasteiger partial charge in [0.05, 0.1) is 18.1 Å². The first-order valence-electron chi connectivity index (χ1n) is 4.91. The Labute approximate surface area is 104 Å². The van der Waals surface area contributed by atoms with Gasteiger partial charge in [0, 0.05) is 30.8 Å². The van der Waals surface area contributed by atoms with Gasteiger partial charge in [0.1, 0.15) is 0 Å². The van der Waals surface area contributed by atoms with Crippen LogP contribution in [-0.2, 0) is 16.1 Å². The fourth-order valence-corrected chi connectivity index (χ4v) is 1.32. The number of nitro benzene ring substituents is 1. The van der Waals surface area contributed by atoms with E-state index in [2.05, 4.69) is 5.48 Å². The molecule has 0 saturated heterocycles. The van der Waals surface area contributed by atoms with E-state index in [9.17, 15) is 10.1 Å². The van der Waals surface area contributed by atoms with Gasteiger partial charge in [-0.1, -0.05) is 11.6 Å². The van der Waals surface area contributed by atoms with Crippen molar-refractivity contribution in [1.29, 1.82) is 0 Å². The second-order valence-electron chi connectivity index (χ2n) is 3.20. The molecule has 1 aromatic rings. The fourth-order valence-electron chi connectivity index (χ4n) is 1.14. The van der Waals surface area contributed by atoms with Gasteiger partial charge in [-0.3, -0.25) is 15.0 Å². The highest BCUT2D eigenvalue weighted by molar-refractivity contribution is 6.31. The molecule has 0 heterocycles. The van der Waals surface area contributed by atoms with Crippen molar-refractivity contribution in [3.8, 4) is 0 Å². The monoisotopic (exact) mass is 260 g/mol. The van der Waals surface area contributed by atoms with Crippen LogP contribution in [0.5, 0.6) is 0 Å². The first kappa shape index (κ1) is 13.9. The molecule has 6 nitrogen and oxygen atoms in total. The van der Waals surface area contributed by atoms with Gasteiger partial charge in [0.2, 0.25) is 0 Å². The molecule has 0 spiro atoms. The summed E-state index contributed by atoms with van der Waals surface area (Å²) in [6.45, 7) is 1.16. The first-order valence-corrected chi connectivity index (χ1v) is 5.29. The third-order valence-electron chi connectivity index (χ3n) is 1.99. The number of ether oxygens (including phenoxy) is 1. The number of hydrogen-bond donors (Lipinski definition) is 1. The zero-order chi connectivity index (χ0) is 12.7. The summed E-state index contributed by atoms with van der Waals surface area (Å²) < 4.78 is 4.79. The van der Waals surface area contributed by atoms with E-state index in [4.69, 9.17) is 21.2 Å². The van der Waals surface area contributed by atoms with Crippen molar-refractivity contribution in [2.75, 3.05) is 20.3 Å². The lowest BCUT2D eigenvalue weighted by Gasteiger charge is -2.06. The molecule has 0 aliphatic carbocycles. The van der Waals surface area contributed by atoms with Gasteiger partial charge in [-0.25, -0.2) is 0 Å². The molecule has 1 rings (SSSR count). The third-order valence-corrected chi connectivity index (χ3v) is 2.36. The molecule has 0 aliphatic heterocycles. The van der Waals surface area contributed by atoms with Crippen LogP contribution in [0.15, 0.2) is 18.2 Å². The standard InChI is InChI=1S/C10H13ClN2O4/c1-16-4-5-17-12-7-8-6-9(13(14)15)2-3-10(8)11/h2-3,6,12H,4-5,7H2,1H3. The molecule has 0 unspecified atom stereocenters. The van der Waals surface area contributed by atoms with E-state index in [1.165, 1.54) is 18.2 Å². The second-order valence-corrected chi connectivity index (χ2v) is 3.60. The van der Waals surface area contributed by atoms with Crippen LogP contribution in [0.25, 0.3) is 0 Å². The summed E-state index contributed by atoms with van der Waals surface area (Å²) in [5, 5.41) is 11.0. The fraction of sp³-hybridized carbons (Fsp3) is 0.400. The van der Waals surface area contributed by atoms with Crippen molar-refractivity contribution >= 4 is 17.3 Å². The molecular formula is C10H13ClN2O4. The van der Waals surface area contributed by atoms with Gasteiger partial charge >= 0.3 is 0 Å². The molecule has 7 heteroatoms. The maximum absolute atomic E-state index is 10.6. The normalized spacial score (nSPS) is 10.5. The minimum absolute atomic E-state index is 0.00286. The summed E-state index contributed by atoms with van der Waals surface area (Å²) in [6, 6.07) is 4.26. The van der Waals surface area contributed by atoms with E-state index in [0.29, 0.717) is 30.3 Å². The SMILES string of the molecule is COCCONCc1cc([N+](=O)[O-])ccc1Cl. The molecule has 0 fully saturated rings. The van der Waals surface area contributed by atoms with Crippen LogP contribution in [0.4, 0.5) is 5.69 Å². The Hall–Kier alpha value is -1.21. The van der Waals surface area contributed by atoms with Gasteiger partial charge in [-0.2, -0.15) is 5.48 Å². The van der Waals surface area contributed by atoms with E-state index >= 15 is 0 Å². The number of benzene rings is 1. The van der Waals surface area contributed by atoms with Crippen LogP contribution in [0.1, 0.15) is 5.56 Å². The van der Waals surface area contributed by atoms with E-state index in [-0.39, 0.29) is 5.69 Å². The van der Waals surface area contributed by atoms with Crippen molar-refractivity contribution < 1.29 is 14.5 Å². The molecule has 0 bridgehead atoms. The van der Waals surface area contributed by atoms with Crippen LogP contribution in [0.3, 0.4) is 0 Å². The number of methoxy groups -OCH3 is 1. The molecule has 17 heavy (non-hydrogen) atoms. The van der Waals surface area contributed by atoms with Gasteiger partial charge in [-0.15, -0.1) is 0 Å². The summed E-state index contributed by atoms with van der Waals surface area (Å²) in [5.41, 5.74) is 3.27. The van der Waals surface area contributed by atoms with E-state index < -0.39 is 4.92 Å². The van der Waals surface area contributed by atoms with Gasteiger partial charge < -0.3 is 4.74 Å². The highest BCUT2D eigenvalue weighted by Gasteiger charge is 2.09. The second kappa shape index (κ2) is 7.18. The molecule has 94 valence electrons. The summed E-state index contributed by atoms with van der Waals surface area (Å²) in [6.07, 6.45) is 0. The Bertz CT molecular complexity index is 387. The zero-order valence-corrected chi connectivity index (χ0v) is 10.1. The Morgan fingerprint density at radius 1 is 1.47 bits per heavy atom. The minimum Gasteiger partial charge on any atom is -0.382 e. The predicted octanol–water partition coefficient (Wildman–Crippen LogP) is 1.92. The Morgan fingerprint density at radius 2 is 2.24 bits per heavy atom. The average molecular weight is 261 g/mol. The van der Waals surface area contributed by atoms with E-state index in [1.54, 1.807) is 7.11 Å². The van der Waals surface area contributed by atoms with Crippen LogP contribution < -0.4 is 5.48 Å². The quantitative estimate of drug-likeness (QED) is 0.461. The average Bonchev–Trinajstić information content (AvgIpc) is 2.30. The van der Waals surface area contributed by atoms with E-state index in [1.807, 2.05) is 0 Å². The number of non-ortho nitro benzene ring substituents is 1. The molecule has 0 aromatic heterocycles. The number of hydrogen-bond acceptors (Lipinski definition) is 5. The van der Waals surface area contributed by atoms with Crippen LogP contribution in [-0.4, -0.2) is 25.2 Å². The van der Waals surface area contributed by atoms with Crippen molar-refractivity contribution in [2.45, 2.75) is 6.54 Å². The van der Waals surface area contributed by atoms with Crippen LogP contribution >= 0.6 is 11.6 Å². The van der Waals surface area contributed by atoms with Crippen molar-refractivity contribution in [3.63, 3.8) is 0 Å². The lowest BCUT2D eigenvalue weighted by atomic mass is 10.2. The highest BCUT2D eigenvalue weighted by atomic mass is 35.5. The number of hydroxylamine groups is 1. The summed E-state index contributed by atoms with van der Waals surface area (Å²) in [4.78, 5) is 15.1. The number of halogens is 1. The topological polar surface area (TPSA) is 73.6 Å². The highest BCUT2D eigenvalue weighted by Crippen LogP contribution is 2.21. The molecule has 1 N–H and O–H groups in total. The molecule has 1 aromatic carbocycles. The number of nitro groups is 1. The predicted molar refractivity (Wildman–Crippen MR) is 62.8 cm³/mol. The van der Waals surface area contributed by atoms with Gasteiger partial charge in [-0.05, 0) is 11.6 Å². The lowest BCUT2D eigenvalue weighted by molar-refractivity contribution is -0.384. The van der Waals surface area contributed by atoms with Gasteiger partial charge in [0.25, 0.3) is 5.69 Å². The Kier molecular flexibility index (Phi) is 5.85. The summed E-state index contributed by atoms with van der Waals surface area (Å²) in [7, 11) is 1.57. The molecule has 0 aliphatic rings. The lowest BCUT2D eigenvalue weighted by Crippen LogP contribution is -2.17. The number of rotatable bonds is 7. The van der Waals surface area contributed by atoms with Crippen molar-refractivity contribution in [2.24, 2.45) is 0 Å². The Morgan fingerprint density at radius 3 is 2.88 bits per heavy atom. The van der Waals surface area contributed by atoms with Gasteiger partial charge in [0.15, 0.2) is 0 Å². The zero-order valence-electron chi connectivity index (χ0n) is 9.31. The number of nitrogens with one attached hydrogen (secondary N) is 1. The van der Waals surface area contributed by atoms with Crippen molar-refractivity contribution in [3.05, 3.63) is 38.9 Å². The third kappa shape index (κ3) is 4.66. The van der Waals surface area contributed by atoms with E-state index in [0.717, 1.165) is 0 Å². The Balaban J connectivity index is 2.51. The maximum Gasteiger partial charge on any atom is 0.269 e. The maximum atomic E-state index is 10.6. The molecule has 0 atom stereocenters. The largest absolute Gasteiger partial charge is 0.382 e. The summed E-state index contributed by atoms with van der Waals surface area (Å²) >= 11 is 5.90. The minimum atomic E-state index is -0.467. The molecule has 0 radical (unpaired) electrons. The van der Waals surface area contributed by atoms with Crippen LogP contribution in [0.2, 0.25) is 5.02 Å². The first-order chi connectivity index (χ1) is 8.15. The molecular weight excluding hydrogens is 248 g/mol. The van der Waals surface area contributed by atoms with Crippen molar-refractivity contribution in [1.82, 2.24) is 5.48 Å². The smallest absolute Gasteiger partial charge is 0.269 e.